The van der Waals surface area contributed by atoms with Crippen LogP contribution >= 0.6 is 0 Å². The summed E-state index contributed by atoms with van der Waals surface area (Å²) in [5, 5.41) is 8.50. The van der Waals surface area contributed by atoms with E-state index in [4.69, 9.17) is 0 Å². The SMILES string of the molecule is CCCn1nc(C(=O)N2CCCCC2Cn2cccn2)ccc1=O. The molecule has 1 aliphatic rings. The largest absolute Gasteiger partial charge is 0.332 e. The zero-order valence-electron chi connectivity index (χ0n) is 14.0. The Morgan fingerprint density at radius 1 is 1.33 bits per heavy atom. The lowest BCUT2D eigenvalue weighted by Crippen LogP contribution is -2.46. The molecule has 24 heavy (non-hydrogen) atoms. The maximum absolute atomic E-state index is 12.9. The fourth-order valence-corrected chi connectivity index (χ4v) is 3.16. The minimum Gasteiger partial charge on any atom is -0.332 e. The van der Waals surface area contributed by atoms with Gasteiger partial charge in [0.1, 0.15) is 5.69 Å². The number of carbonyl (C=O) groups excluding carboxylic acids is 1. The van der Waals surface area contributed by atoms with Gasteiger partial charge in [0, 0.05) is 31.5 Å². The third-order valence-electron chi connectivity index (χ3n) is 4.37. The lowest BCUT2D eigenvalue weighted by atomic mass is 10.0. The average Bonchev–Trinajstić information content (AvgIpc) is 3.10. The van der Waals surface area contributed by atoms with Gasteiger partial charge in [0.25, 0.3) is 11.5 Å². The summed E-state index contributed by atoms with van der Waals surface area (Å²) in [6.45, 7) is 3.91. The number of aryl methyl sites for hydroxylation is 1. The summed E-state index contributed by atoms with van der Waals surface area (Å²) in [5.41, 5.74) is 0.176. The molecule has 1 atom stereocenters. The topological polar surface area (TPSA) is 73.0 Å². The van der Waals surface area contributed by atoms with E-state index in [2.05, 4.69) is 10.2 Å². The highest BCUT2D eigenvalue weighted by Crippen LogP contribution is 2.20. The van der Waals surface area contributed by atoms with E-state index in [1.54, 1.807) is 6.20 Å². The first-order chi connectivity index (χ1) is 11.7. The number of nitrogens with zero attached hydrogens (tertiary/aromatic N) is 5. The molecule has 1 amide bonds. The Kier molecular flexibility index (Phi) is 5.08. The molecular weight excluding hydrogens is 306 g/mol. The van der Waals surface area contributed by atoms with Gasteiger partial charge < -0.3 is 4.90 Å². The van der Waals surface area contributed by atoms with Crippen molar-refractivity contribution in [3.8, 4) is 0 Å². The monoisotopic (exact) mass is 329 g/mol. The van der Waals surface area contributed by atoms with Gasteiger partial charge in [-0.1, -0.05) is 6.92 Å². The van der Waals surface area contributed by atoms with Crippen LogP contribution < -0.4 is 5.56 Å². The molecule has 0 bridgehead atoms. The maximum Gasteiger partial charge on any atom is 0.274 e. The average molecular weight is 329 g/mol. The summed E-state index contributed by atoms with van der Waals surface area (Å²) in [4.78, 5) is 26.6. The highest BCUT2D eigenvalue weighted by molar-refractivity contribution is 5.92. The predicted molar refractivity (Wildman–Crippen MR) is 89.7 cm³/mol. The van der Waals surface area contributed by atoms with Gasteiger partial charge in [-0.3, -0.25) is 14.3 Å². The molecule has 0 aliphatic carbocycles. The quantitative estimate of drug-likeness (QED) is 0.834. The van der Waals surface area contributed by atoms with E-state index in [0.29, 0.717) is 18.8 Å². The summed E-state index contributed by atoms with van der Waals surface area (Å²) in [6, 6.07) is 4.97. The molecule has 2 aromatic heterocycles. The standard InChI is InChI=1S/C17H23N5O2/c1-2-10-22-16(23)8-7-15(19-22)17(24)21-12-4-3-6-14(21)13-20-11-5-9-18-20/h5,7-9,11,14H,2-4,6,10,12-13H2,1H3. The van der Waals surface area contributed by atoms with Crippen molar-refractivity contribution in [1.29, 1.82) is 0 Å². The number of rotatable bonds is 5. The van der Waals surface area contributed by atoms with E-state index in [1.165, 1.54) is 16.8 Å². The van der Waals surface area contributed by atoms with Crippen molar-refractivity contribution in [3.63, 3.8) is 0 Å². The minimum atomic E-state index is -0.167. The first-order valence-electron chi connectivity index (χ1n) is 8.55. The lowest BCUT2D eigenvalue weighted by Gasteiger charge is -2.35. The highest BCUT2D eigenvalue weighted by atomic mass is 16.2. The highest BCUT2D eigenvalue weighted by Gasteiger charge is 2.29. The molecule has 3 rings (SSSR count). The Morgan fingerprint density at radius 3 is 2.96 bits per heavy atom. The number of hydrogen-bond acceptors (Lipinski definition) is 4. The van der Waals surface area contributed by atoms with Gasteiger partial charge >= 0.3 is 0 Å². The van der Waals surface area contributed by atoms with Crippen molar-refractivity contribution < 1.29 is 4.79 Å². The molecule has 3 heterocycles. The summed E-state index contributed by atoms with van der Waals surface area (Å²) < 4.78 is 3.24. The first-order valence-corrected chi connectivity index (χ1v) is 8.55. The summed E-state index contributed by atoms with van der Waals surface area (Å²) in [5.74, 6) is -0.100. The molecular formula is C17H23N5O2. The molecule has 0 saturated carbocycles. The molecule has 1 unspecified atom stereocenters. The second-order valence-electron chi connectivity index (χ2n) is 6.16. The van der Waals surface area contributed by atoms with E-state index in [1.807, 2.05) is 28.8 Å². The van der Waals surface area contributed by atoms with Crippen molar-refractivity contribution in [2.24, 2.45) is 0 Å². The summed E-state index contributed by atoms with van der Waals surface area (Å²) >= 11 is 0. The molecule has 7 heteroatoms. The van der Waals surface area contributed by atoms with Crippen LogP contribution in [0.4, 0.5) is 0 Å². The predicted octanol–water partition coefficient (Wildman–Crippen LogP) is 1.54. The molecule has 0 radical (unpaired) electrons. The van der Waals surface area contributed by atoms with Gasteiger partial charge in [-0.15, -0.1) is 0 Å². The van der Waals surface area contributed by atoms with Crippen LogP contribution in [0.5, 0.6) is 0 Å². The van der Waals surface area contributed by atoms with Crippen molar-refractivity contribution in [1.82, 2.24) is 24.5 Å². The lowest BCUT2D eigenvalue weighted by molar-refractivity contribution is 0.0575. The molecule has 0 spiro atoms. The Morgan fingerprint density at radius 2 is 2.21 bits per heavy atom. The molecule has 0 N–H and O–H groups in total. The Hall–Kier alpha value is -2.44. The van der Waals surface area contributed by atoms with Crippen molar-refractivity contribution in [3.05, 3.63) is 46.6 Å². The number of likely N-dealkylation sites (tertiary alicyclic amines) is 1. The molecule has 0 aromatic carbocycles. The fraction of sp³-hybridized carbons (Fsp3) is 0.529. The number of piperidine rings is 1. The van der Waals surface area contributed by atoms with Crippen LogP contribution in [0.25, 0.3) is 0 Å². The molecule has 7 nitrogen and oxygen atoms in total. The maximum atomic E-state index is 12.9. The molecule has 128 valence electrons. The van der Waals surface area contributed by atoms with E-state index in [0.717, 1.165) is 32.2 Å². The van der Waals surface area contributed by atoms with Crippen LogP contribution in [-0.4, -0.2) is 43.0 Å². The van der Waals surface area contributed by atoms with Gasteiger partial charge in [0.15, 0.2) is 0 Å². The van der Waals surface area contributed by atoms with Crippen LogP contribution in [0.1, 0.15) is 43.1 Å². The van der Waals surface area contributed by atoms with E-state index < -0.39 is 0 Å². The van der Waals surface area contributed by atoms with Crippen molar-refractivity contribution in [2.45, 2.75) is 51.7 Å². The van der Waals surface area contributed by atoms with Crippen LogP contribution in [0, 0.1) is 0 Å². The molecule has 1 aliphatic heterocycles. The zero-order valence-corrected chi connectivity index (χ0v) is 14.0. The molecule has 1 saturated heterocycles. The van der Waals surface area contributed by atoms with Crippen molar-refractivity contribution in [2.75, 3.05) is 6.54 Å². The van der Waals surface area contributed by atoms with Crippen molar-refractivity contribution >= 4 is 5.91 Å². The first kappa shape index (κ1) is 16.4. The number of aromatic nitrogens is 4. The second kappa shape index (κ2) is 7.42. The summed E-state index contributed by atoms with van der Waals surface area (Å²) in [7, 11) is 0. The van der Waals surface area contributed by atoms with Crippen LogP contribution in [0.3, 0.4) is 0 Å². The minimum absolute atomic E-state index is 0.100. The normalized spacial score (nSPS) is 17.9. The number of carbonyl (C=O) groups is 1. The van der Waals surface area contributed by atoms with Gasteiger partial charge in [-0.25, -0.2) is 4.68 Å². The van der Waals surface area contributed by atoms with Crippen LogP contribution in [0.2, 0.25) is 0 Å². The second-order valence-corrected chi connectivity index (χ2v) is 6.16. The number of hydrogen-bond donors (Lipinski definition) is 0. The number of amides is 1. The molecule has 2 aromatic rings. The Bertz CT molecular complexity index is 738. The third-order valence-corrected chi connectivity index (χ3v) is 4.37. The van der Waals surface area contributed by atoms with Crippen LogP contribution in [0.15, 0.2) is 35.4 Å². The van der Waals surface area contributed by atoms with Gasteiger partial charge in [0.05, 0.1) is 12.6 Å². The van der Waals surface area contributed by atoms with Crippen LogP contribution in [-0.2, 0) is 13.1 Å². The summed E-state index contributed by atoms with van der Waals surface area (Å²) in [6.07, 6.45) is 7.53. The van der Waals surface area contributed by atoms with Gasteiger partial charge in [-0.2, -0.15) is 10.2 Å². The van der Waals surface area contributed by atoms with Gasteiger partial charge in [-0.05, 0) is 37.8 Å². The fourth-order valence-electron chi connectivity index (χ4n) is 3.16. The zero-order chi connectivity index (χ0) is 16.9. The van der Waals surface area contributed by atoms with E-state index >= 15 is 0 Å². The van der Waals surface area contributed by atoms with Gasteiger partial charge in [0.2, 0.25) is 0 Å². The Labute approximate surface area is 140 Å². The third kappa shape index (κ3) is 3.55. The van der Waals surface area contributed by atoms with E-state index in [-0.39, 0.29) is 17.5 Å². The molecule has 1 fully saturated rings. The van der Waals surface area contributed by atoms with E-state index in [9.17, 15) is 9.59 Å². The smallest absolute Gasteiger partial charge is 0.274 e. The Balaban J connectivity index is 1.81.